The van der Waals surface area contributed by atoms with Crippen LogP contribution in [0.3, 0.4) is 0 Å². The number of benzene rings is 3. The molecule has 1 aliphatic rings. The molecule has 1 saturated carbocycles. The first-order chi connectivity index (χ1) is 20.5. The minimum absolute atomic E-state index is 0.0292. The standard InChI is InChI=1S/C32H36BrF2N3O4S/c1-43(41,42)38(27-17-18-28(34)29(35)21-27)19-7-12-31(39)37(22-24-13-15-25(33)16-14-24)30(20-23-8-3-2-4-9-23)32(40)36-26-10-5-6-11-26/h2-4,8-9,13-18,21,26,30H,5-7,10-12,19-20,22H2,1H3,(H,36,40)/t30-/m0/s1. The van der Waals surface area contributed by atoms with Gasteiger partial charge in [0.25, 0.3) is 0 Å². The van der Waals surface area contributed by atoms with E-state index in [9.17, 15) is 26.8 Å². The summed E-state index contributed by atoms with van der Waals surface area (Å²) in [6, 6.07) is 19.2. The van der Waals surface area contributed by atoms with Gasteiger partial charge in [0, 0.05) is 42.5 Å². The number of sulfonamides is 1. The summed E-state index contributed by atoms with van der Waals surface area (Å²) in [4.78, 5) is 29.3. The van der Waals surface area contributed by atoms with Crippen molar-refractivity contribution in [3.8, 4) is 0 Å². The van der Waals surface area contributed by atoms with E-state index in [4.69, 9.17) is 0 Å². The highest BCUT2D eigenvalue weighted by Gasteiger charge is 2.32. The number of nitrogens with zero attached hydrogens (tertiary/aromatic N) is 2. The molecule has 7 nitrogen and oxygen atoms in total. The first kappa shape index (κ1) is 32.6. The van der Waals surface area contributed by atoms with E-state index in [0.29, 0.717) is 6.42 Å². The summed E-state index contributed by atoms with van der Waals surface area (Å²) in [5, 5.41) is 3.16. The molecule has 0 spiro atoms. The first-order valence-corrected chi connectivity index (χ1v) is 17.0. The highest BCUT2D eigenvalue weighted by molar-refractivity contribution is 9.10. The highest BCUT2D eigenvalue weighted by atomic mass is 79.9. The predicted octanol–water partition coefficient (Wildman–Crippen LogP) is 5.97. The summed E-state index contributed by atoms with van der Waals surface area (Å²) in [5.74, 6) is -2.79. The fraction of sp³-hybridized carbons (Fsp3) is 0.375. The first-order valence-electron chi connectivity index (χ1n) is 14.3. The Balaban J connectivity index is 1.58. The van der Waals surface area contributed by atoms with Gasteiger partial charge in [-0.15, -0.1) is 0 Å². The van der Waals surface area contributed by atoms with Gasteiger partial charge in [-0.3, -0.25) is 13.9 Å². The number of halogens is 3. The molecule has 11 heteroatoms. The normalized spacial score (nSPS) is 14.3. The quantitative estimate of drug-likeness (QED) is 0.242. The second-order valence-electron chi connectivity index (χ2n) is 10.9. The molecule has 0 heterocycles. The predicted molar refractivity (Wildman–Crippen MR) is 167 cm³/mol. The molecular formula is C32H36BrF2N3O4S. The SMILES string of the molecule is CS(=O)(=O)N(CCCC(=O)N(Cc1ccc(Br)cc1)[C@@H](Cc1ccccc1)C(=O)NC1CCCC1)c1ccc(F)c(F)c1. The van der Waals surface area contributed by atoms with Crippen LogP contribution in [0.1, 0.15) is 49.7 Å². The maximum atomic E-state index is 13.9. The van der Waals surface area contributed by atoms with Crippen LogP contribution in [0.5, 0.6) is 0 Å². The minimum Gasteiger partial charge on any atom is -0.352 e. The zero-order chi connectivity index (χ0) is 31.0. The van der Waals surface area contributed by atoms with Crippen LogP contribution in [0.25, 0.3) is 0 Å². The summed E-state index contributed by atoms with van der Waals surface area (Å²) in [7, 11) is -3.85. The molecule has 3 aromatic rings. The van der Waals surface area contributed by atoms with Crippen molar-refractivity contribution in [1.82, 2.24) is 10.2 Å². The maximum Gasteiger partial charge on any atom is 0.243 e. The van der Waals surface area contributed by atoms with Gasteiger partial charge >= 0.3 is 0 Å². The van der Waals surface area contributed by atoms with Crippen LogP contribution in [0.15, 0.2) is 77.3 Å². The Morgan fingerprint density at radius 3 is 2.26 bits per heavy atom. The van der Waals surface area contributed by atoms with Crippen molar-refractivity contribution in [2.24, 2.45) is 0 Å². The third-order valence-electron chi connectivity index (χ3n) is 7.58. The monoisotopic (exact) mass is 675 g/mol. The molecular weight excluding hydrogens is 640 g/mol. The Bertz CT molecular complexity index is 1500. The smallest absolute Gasteiger partial charge is 0.243 e. The van der Waals surface area contributed by atoms with E-state index >= 15 is 0 Å². The number of nitrogens with one attached hydrogen (secondary N) is 1. The van der Waals surface area contributed by atoms with E-state index in [1.165, 1.54) is 6.07 Å². The van der Waals surface area contributed by atoms with Crippen molar-refractivity contribution in [3.05, 3.63) is 100 Å². The number of anilines is 1. The van der Waals surface area contributed by atoms with Crippen LogP contribution in [0.2, 0.25) is 0 Å². The summed E-state index contributed by atoms with van der Waals surface area (Å²) in [5.41, 5.74) is 1.71. The topological polar surface area (TPSA) is 86.8 Å². The Morgan fingerprint density at radius 1 is 0.953 bits per heavy atom. The zero-order valence-electron chi connectivity index (χ0n) is 24.0. The Morgan fingerprint density at radius 2 is 1.63 bits per heavy atom. The van der Waals surface area contributed by atoms with Crippen molar-refractivity contribution < 1.29 is 26.8 Å². The molecule has 1 N–H and O–H groups in total. The van der Waals surface area contributed by atoms with E-state index in [1.54, 1.807) is 4.90 Å². The number of rotatable bonds is 13. The molecule has 0 radical (unpaired) electrons. The van der Waals surface area contributed by atoms with Crippen molar-refractivity contribution in [3.63, 3.8) is 0 Å². The molecule has 0 saturated heterocycles. The molecule has 3 aromatic carbocycles. The number of hydrogen-bond acceptors (Lipinski definition) is 4. The minimum atomic E-state index is -3.85. The fourth-order valence-corrected chi connectivity index (χ4v) is 6.57. The largest absolute Gasteiger partial charge is 0.352 e. The maximum absolute atomic E-state index is 13.9. The molecule has 0 aliphatic heterocycles. The van der Waals surface area contributed by atoms with Crippen LogP contribution in [0, 0.1) is 11.6 Å². The number of hydrogen-bond donors (Lipinski definition) is 1. The second kappa shape index (κ2) is 14.9. The molecule has 2 amide bonds. The van der Waals surface area contributed by atoms with E-state index in [-0.39, 0.29) is 49.5 Å². The number of carbonyl (C=O) groups is 2. The molecule has 43 heavy (non-hydrogen) atoms. The van der Waals surface area contributed by atoms with Crippen LogP contribution in [-0.2, 0) is 32.6 Å². The molecule has 0 bridgehead atoms. The van der Waals surface area contributed by atoms with Gasteiger partial charge < -0.3 is 10.2 Å². The fourth-order valence-electron chi connectivity index (χ4n) is 5.35. The zero-order valence-corrected chi connectivity index (χ0v) is 26.4. The lowest BCUT2D eigenvalue weighted by Crippen LogP contribution is -2.52. The van der Waals surface area contributed by atoms with E-state index in [1.807, 2.05) is 54.6 Å². The summed E-state index contributed by atoms with van der Waals surface area (Å²) in [6.07, 6.45) is 5.21. The van der Waals surface area contributed by atoms with E-state index in [2.05, 4.69) is 21.2 Å². The van der Waals surface area contributed by atoms with Gasteiger partial charge in [0.05, 0.1) is 11.9 Å². The third kappa shape index (κ3) is 9.34. The molecule has 0 unspecified atom stereocenters. The second-order valence-corrected chi connectivity index (χ2v) is 13.7. The van der Waals surface area contributed by atoms with Crippen molar-refractivity contribution in [1.29, 1.82) is 0 Å². The van der Waals surface area contributed by atoms with Gasteiger partial charge in [0.2, 0.25) is 21.8 Å². The van der Waals surface area contributed by atoms with Crippen molar-refractivity contribution in [2.45, 2.75) is 63.6 Å². The Kier molecular flexibility index (Phi) is 11.3. The highest BCUT2D eigenvalue weighted by Crippen LogP contribution is 2.23. The lowest BCUT2D eigenvalue weighted by molar-refractivity contribution is -0.141. The lowest BCUT2D eigenvalue weighted by atomic mass is 10.0. The van der Waals surface area contributed by atoms with Crippen molar-refractivity contribution in [2.75, 3.05) is 17.1 Å². The number of carbonyl (C=O) groups excluding carboxylic acids is 2. The van der Waals surface area contributed by atoms with Crippen LogP contribution in [-0.4, -0.2) is 50.0 Å². The molecule has 1 atom stereocenters. The summed E-state index contributed by atoms with van der Waals surface area (Å²) < 4.78 is 54.3. The van der Waals surface area contributed by atoms with Gasteiger partial charge in [0.15, 0.2) is 11.6 Å². The summed E-state index contributed by atoms with van der Waals surface area (Å²) in [6.45, 7) is 0.0556. The summed E-state index contributed by atoms with van der Waals surface area (Å²) >= 11 is 3.43. The Labute approximate surface area is 260 Å². The van der Waals surface area contributed by atoms with Crippen LogP contribution in [0.4, 0.5) is 14.5 Å². The van der Waals surface area contributed by atoms with Crippen molar-refractivity contribution >= 4 is 43.5 Å². The van der Waals surface area contributed by atoms with Gasteiger partial charge in [-0.1, -0.05) is 71.2 Å². The average Bonchev–Trinajstić information content (AvgIpc) is 3.48. The molecule has 1 fully saturated rings. The average molecular weight is 677 g/mol. The van der Waals surface area contributed by atoms with Gasteiger partial charge in [-0.25, -0.2) is 17.2 Å². The van der Waals surface area contributed by atoms with Crippen LogP contribution >= 0.6 is 15.9 Å². The van der Waals surface area contributed by atoms with E-state index in [0.717, 1.165) is 64.0 Å². The molecule has 0 aromatic heterocycles. The lowest BCUT2D eigenvalue weighted by Gasteiger charge is -2.33. The third-order valence-corrected chi connectivity index (χ3v) is 9.30. The molecule has 230 valence electrons. The molecule has 1 aliphatic carbocycles. The number of amides is 2. The van der Waals surface area contributed by atoms with Gasteiger partial charge in [-0.05, 0) is 54.7 Å². The molecule has 4 rings (SSSR count). The Hall–Kier alpha value is -3.31. The van der Waals surface area contributed by atoms with Crippen LogP contribution < -0.4 is 9.62 Å². The van der Waals surface area contributed by atoms with E-state index < -0.39 is 27.7 Å². The van der Waals surface area contributed by atoms with Gasteiger partial charge in [-0.2, -0.15) is 0 Å². The van der Waals surface area contributed by atoms with Gasteiger partial charge in [0.1, 0.15) is 6.04 Å².